The van der Waals surface area contributed by atoms with Crippen LogP contribution in [0.5, 0.6) is 0 Å². The van der Waals surface area contributed by atoms with Crippen LogP contribution in [0.4, 0.5) is 0 Å². The van der Waals surface area contributed by atoms with Gasteiger partial charge in [-0.1, -0.05) is 38.1 Å². The molecule has 1 aromatic carbocycles. The SMILES string of the molecule is CCCNC1c2ccccc2CC1S(=O)(=O)CC. The molecule has 2 rings (SSSR count). The van der Waals surface area contributed by atoms with Crippen LogP contribution in [0.25, 0.3) is 0 Å². The Kier molecular flexibility index (Phi) is 4.07. The molecule has 1 aromatic rings. The molecular formula is C14H21NO2S. The van der Waals surface area contributed by atoms with Gasteiger partial charge in [-0.25, -0.2) is 8.42 Å². The van der Waals surface area contributed by atoms with E-state index in [4.69, 9.17) is 0 Å². The Hall–Kier alpha value is -0.870. The van der Waals surface area contributed by atoms with Crippen molar-refractivity contribution < 1.29 is 8.42 Å². The summed E-state index contributed by atoms with van der Waals surface area (Å²) in [4.78, 5) is 0. The third kappa shape index (κ3) is 2.45. The first-order valence-electron chi connectivity index (χ1n) is 6.63. The van der Waals surface area contributed by atoms with E-state index in [-0.39, 0.29) is 17.0 Å². The van der Waals surface area contributed by atoms with E-state index in [1.54, 1.807) is 6.92 Å². The van der Waals surface area contributed by atoms with Gasteiger partial charge in [0.2, 0.25) is 0 Å². The van der Waals surface area contributed by atoms with Gasteiger partial charge in [-0.3, -0.25) is 0 Å². The standard InChI is InChI=1S/C14H21NO2S/c1-3-9-15-14-12-8-6-5-7-11(12)10-13(14)18(16,17)4-2/h5-8,13-15H,3-4,9-10H2,1-2H3. The van der Waals surface area contributed by atoms with Crippen LogP contribution in [0.3, 0.4) is 0 Å². The highest BCUT2D eigenvalue weighted by atomic mass is 32.2. The number of sulfone groups is 1. The van der Waals surface area contributed by atoms with Crippen molar-refractivity contribution in [1.29, 1.82) is 0 Å². The number of hydrogen-bond acceptors (Lipinski definition) is 3. The zero-order chi connectivity index (χ0) is 13.2. The first kappa shape index (κ1) is 13.6. The second kappa shape index (κ2) is 5.41. The van der Waals surface area contributed by atoms with Crippen LogP contribution in [-0.2, 0) is 16.3 Å². The van der Waals surface area contributed by atoms with Crippen LogP contribution in [0.2, 0.25) is 0 Å². The summed E-state index contributed by atoms with van der Waals surface area (Å²) in [6, 6.07) is 8.03. The van der Waals surface area contributed by atoms with Crippen LogP contribution in [-0.4, -0.2) is 26.0 Å². The zero-order valence-electron chi connectivity index (χ0n) is 11.0. The normalized spacial score (nSPS) is 23.0. The Balaban J connectivity index is 2.33. The summed E-state index contributed by atoms with van der Waals surface area (Å²) in [6.45, 7) is 4.68. The topological polar surface area (TPSA) is 46.2 Å². The molecule has 0 bridgehead atoms. The average molecular weight is 267 g/mol. The molecule has 0 radical (unpaired) electrons. The van der Waals surface area contributed by atoms with Gasteiger partial charge in [0.1, 0.15) is 0 Å². The Bertz CT molecular complexity index is 510. The Morgan fingerprint density at radius 3 is 2.67 bits per heavy atom. The quantitative estimate of drug-likeness (QED) is 0.888. The van der Waals surface area contributed by atoms with Crippen molar-refractivity contribution in [2.45, 2.75) is 38.0 Å². The predicted octanol–water partition coefficient (Wildman–Crippen LogP) is 2.09. The molecule has 100 valence electrons. The highest BCUT2D eigenvalue weighted by Gasteiger charge is 2.39. The average Bonchev–Trinajstić information content (AvgIpc) is 2.76. The highest BCUT2D eigenvalue weighted by molar-refractivity contribution is 7.92. The molecule has 0 aromatic heterocycles. The smallest absolute Gasteiger partial charge is 0.155 e. The van der Waals surface area contributed by atoms with E-state index in [9.17, 15) is 8.42 Å². The Labute approximate surface area is 110 Å². The van der Waals surface area contributed by atoms with Crippen LogP contribution in [0, 0.1) is 0 Å². The minimum atomic E-state index is -3.01. The fraction of sp³-hybridized carbons (Fsp3) is 0.571. The zero-order valence-corrected chi connectivity index (χ0v) is 11.8. The summed E-state index contributed by atoms with van der Waals surface area (Å²) in [6.07, 6.45) is 1.66. The van der Waals surface area contributed by atoms with Gasteiger partial charge in [-0.05, 0) is 30.5 Å². The summed E-state index contributed by atoms with van der Waals surface area (Å²) in [5, 5.41) is 3.10. The van der Waals surface area contributed by atoms with Gasteiger partial charge in [0.15, 0.2) is 9.84 Å². The third-order valence-corrected chi connectivity index (χ3v) is 5.83. The number of fused-ring (bicyclic) bond motifs is 1. The maximum Gasteiger partial charge on any atom is 0.155 e. The summed E-state index contributed by atoms with van der Waals surface area (Å²) in [5.74, 6) is 0.218. The lowest BCUT2D eigenvalue weighted by molar-refractivity contribution is 0.506. The molecule has 4 heteroatoms. The van der Waals surface area contributed by atoms with Crippen molar-refractivity contribution in [2.75, 3.05) is 12.3 Å². The molecule has 1 N–H and O–H groups in total. The van der Waals surface area contributed by atoms with E-state index in [0.29, 0.717) is 6.42 Å². The molecule has 18 heavy (non-hydrogen) atoms. The van der Waals surface area contributed by atoms with Gasteiger partial charge in [-0.15, -0.1) is 0 Å². The van der Waals surface area contributed by atoms with Gasteiger partial charge in [0.05, 0.1) is 5.25 Å². The van der Waals surface area contributed by atoms with Crippen LogP contribution < -0.4 is 5.32 Å². The first-order chi connectivity index (χ1) is 8.60. The monoisotopic (exact) mass is 267 g/mol. The number of hydrogen-bond donors (Lipinski definition) is 1. The van der Waals surface area contributed by atoms with Crippen molar-refractivity contribution >= 4 is 9.84 Å². The van der Waals surface area contributed by atoms with Crippen LogP contribution in [0.15, 0.2) is 24.3 Å². The van der Waals surface area contributed by atoms with Crippen molar-refractivity contribution in [3.05, 3.63) is 35.4 Å². The van der Waals surface area contributed by atoms with Crippen molar-refractivity contribution in [1.82, 2.24) is 5.32 Å². The van der Waals surface area contributed by atoms with Crippen molar-refractivity contribution in [2.24, 2.45) is 0 Å². The van der Waals surface area contributed by atoms with E-state index in [1.165, 1.54) is 5.56 Å². The number of benzene rings is 1. The molecule has 0 spiro atoms. The van der Waals surface area contributed by atoms with E-state index in [0.717, 1.165) is 18.5 Å². The lowest BCUT2D eigenvalue weighted by Crippen LogP contribution is -2.36. The molecule has 0 aliphatic heterocycles. The summed E-state index contributed by atoms with van der Waals surface area (Å²) >= 11 is 0. The Morgan fingerprint density at radius 2 is 2.00 bits per heavy atom. The van der Waals surface area contributed by atoms with Crippen LogP contribution in [0.1, 0.15) is 37.4 Å². The first-order valence-corrected chi connectivity index (χ1v) is 8.34. The van der Waals surface area contributed by atoms with Gasteiger partial charge in [0, 0.05) is 11.8 Å². The molecule has 0 amide bonds. The van der Waals surface area contributed by atoms with E-state index in [2.05, 4.69) is 12.2 Å². The van der Waals surface area contributed by atoms with E-state index < -0.39 is 9.84 Å². The van der Waals surface area contributed by atoms with E-state index in [1.807, 2.05) is 24.3 Å². The predicted molar refractivity (Wildman–Crippen MR) is 74.4 cm³/mol. The molecule has 3 nitrogen and oxygen atoms in total. The summed E-state index contributed by atoms with van der Waals surface area (Å²) in [5.41, 5.74) is 2.33. The van der Waals surface area contributed by atoms with E-state index >= 15 is 0 Å². The molecule has 0 heterocycles. The van der Waals surface area contributed by atoms with Crippen molar-refractivity contribution in [3.8, 4) is 0 Å². The number of nitrogens with one attached hydrogen (secondary N) is 1. The molecule has 2 atom stereocenters. The maximum atomic E-state index is 12.2. The molecule has 1 aliphatic carbocycles. The minimum Gasteiger partial charge on any atom is -0.309 e. The largest absolute Gasteiger partial charge is 0.309 e. The number of rotatable bonds is 5. The Morgan fingerprint density at radius 1 is 1.28 bits per heavy atom. The van der Waals surface area contributed by atoms with Crippen molar-refractivity contribution in [3.63, 3.8) is 0 Å². The maximum absolute atomic E-state index is 12.2. The molecular weight excluding hydrogens is 246 g/mol. The minimum absolute atomic E-state index is 0.0360. The third-order valence-electron chi connectivity index (χ3n) is 3.66. The fourth-order valence-corrected chi connectivity index (χ4v) is 4.17. The molecule has 2 unspecified atom stereocenters. The lowest BCUT2D eigenvalue weighted by atomic mass is 10.1. The summed E-state index contributed by atoms with van der Waals surface area (Å²) in [7, 11) is -3.01. The molecule has 0 fully saturated rings. The van der Waals surface area contributed by atoms with Gasteiger partial charge >= 0.3 is 0 Å². The molecule has 0 saturated heterocycles. The van der Waals surface area contributed by atoms with Gasteiger partial charge < -0.3 is 5.32 Å². The summed E-state index contributed by atoms with van der Waals surface area (Å²) < 4.78 is 24.4. The van der Waals surface area contributed by atoms with Crippen LogP contribution >= 0.6 is 0 Å². The second-order valence-electron chi connectivity index (χ2n) is 4.82. The second-order valence-corrected chi connectivity index (χ2v) is 7.33. The van der Waals surface area contributed by atoms with Gasteiger partial charge in [-0.2, -0.15) is 0 Å². The fourth-order valence-electron chi connectivity index (χ4n) is 2.65. The molecule has 0 saturated carbocycles. The lowest BCUT2D eigenvalue weighted by Gasteiger charge is -2.21. The van der Waals surface area contributed by atoms with Gasteiger partial charge in [0.25, 0.3) is 0 Å². The molecule has 1 aliphatic rings. The highest BCUT2D eigenvalue weighted by Crippen LogP contribution is 2.35.